The van der Waals surface area contributed by atoms with Crippen LogP contribution in [0.15, 0.2) is 12.3 Å². The van der Waals surface area contributed by atoms with Crippen LogP contribution in [0.5, 0.6) is 0 Å². The van der Waals surface area contributed by atoms with Crippen molar-refractivity contribution in [2.75, 3.05) is 13.2 Å². The minimum atomic E-state index is 0.212. The summed E-state index contributed by atoms with van der Waals surface area (Å²) in [4.78, 5) is 2.31. The van der Waals surface area contributed by atoms with Crippen molar-refractivity contribution in [3.8, 4) is 0 Å². The zero-order valence-corrected chi connectivity index (χ0v) is 10.6. The summed E-state index contributed by atoms with van der Waals surface area (Å²) in [5, 5.41) is 13.5. The van der Waals surface area contributed by atoms with Crippen molar-refractivity contribution in [2.24, 2.45) is 7.05 Å². The maximum atomic E-state index is 9.09. The average molecular weight is 225 g/mol. The molecule has 0 aliphatic carbocycles. The van der Waals surface area contributed by atoms with Crippen LogP contribution in [-0.4, -0.2) is 39.0 Å². The predicted molar refractivity (Wildman–Crippen MR) is 65.1 cm³/mol. The highest BCUT2D eigenvalue weighted by Gasteiger charge is 2.15. The minimum Gasteiger partial charge on any atom is -0.395 e. The summed E-state index contributed by atoms with van der Waals surface area (Å²) in [6.45, 7) is 6.15. The van der Waals surface area contributed by atoms with E-state index in [1.54, 1.807) is 0 Å². The molecule has 0 aliphatic heterocycles. The monoisotopic (exact) mass is 225 g/mol. The third kappa shape index (κ3) is 3.61. The fourth-order valence-corrected chi connectivity index (χ4v) is 2.08. The molecule has 0 aromatic carbocycles. The van der Waals surface area contributed by atoms with Crippen LogP contribution >= 0.6 is 0 Å². The van der Waals surface area contributed by atoms with E-state index in [2.05, 4.69) is 23.8 Å². The van der Waals surface area contributed by atoms with Gasteiger partial charge in [-0.2, -0.15) is 5.10 Å². The van der Waals surface area contributed by atoms with Gasteiger partial charge in [0.2, 0.25) is 0 Å². The van der Waals surface area contributed by atoms with Crippen LogP contribution in [-0.2, 0) is 13.6 Å². The Kier molecular flexibility index (Phi) is 5.49. The second-order valence-corrected chi connectivity index (χ2v) is 4.15. The highest BCUT2D eigenvalue weighted by atomic mass is 16.3. The van der Waals surface area contributed by atoms with Crippen LogP contribution in [0.25, 0.3) is 0 Å². The third-order valence-corrected chi connectivity index (χ3v) is 2.98. The molecule has 0 radical (unpaired) electrons. The largest absolute Gasteiger partial charge is 0.395 e. The van der Waals surface area contributed by atoms with Crippen molar-refractivity contribution in [3.05, 3.63) is 18.0 Å². The normalized spacial score (nSPS) is 11.6. The van der Waals surface area contributed by atoms with Crippen LogP contribution in [0, 0.1) is 0 Å². The van der Waals surface area contributed by atoms with E-state index >= 15 is 0 Å². The highest BCUT2D eigenvalue weighted by Crippen LogP contribution is 2.11. The lowest BCUT2D eigenvalue weighted by Crippen LogP contribution is -2.36. The Labute approximate surface area is 97.9 Å². The quantitative estimate of drug-likeness (QED) is 0.762. The Balaban J connectivity index is 2.63. The van der Waals surface area contributed by atoms with Crippen LogP contribution in [0.2, 0.25) is 0 Å². The molecule has 1 aromatic rings. The molecule has 1 rings (SSSR count). The van der Waals surface area contributed by atoms with Gasteiger partial charge in [0.05, 0.1) is 12.3 Å². The van der Waals surface area contributed by atoms with Crippen LogP contribution in [0.1, 0.15) is 32.4 Å². The summed E-state index contributed by atoms with van der Waals surface area (Å²) in [6.07, 6.45) is 4.19. The van der Waals surface area contributed by atoms with Gasteiger partial charge < -0.3 is 5.11 Å². The summed E-state index contributed by atoms with van der Waals surface area (Å²) < 4.78 is 1.82. The van der Waals surface area contributed by atoms with Crippen molar-refractivity contribution in [3.63, 3.8) is 0 Å². The molecule has 4 heteroatoms. The van der Waals surface area contributed by atoms with Gasteiger partial charge >= 0.3 is 0 Å². The molecule has 0 unspecified atom stereocenters. The highest BCUT2D eigenvalue weighted by molar-refractivity contribution is 4.98. The molecule has 1 N–H and O–H groups in total. The van der Waals surface area contributed by atoms with Gasteiger partial charge in [-0.15, -0.1) is 0 Å². The van der Waals surface area contributed by atoms with Gasteiger partial charge in [-0.25, -0.2) is 0 Å². The van der Waals surface area contributed by atoms with Gasteiger partial charge in [0, 0.05) is 32.4 Å². The fourth-order valence-electron chi connectivity index (χ4n) is 2.08. The first-order valence-electron chi connectivity index (χ1n) is 6.04. The van der Waals surface area contributed by atoms with Crippen LogP contribution in [0.3, 0.4) is 0 Å². The molecule has 16 heavy (non-hydrogen) atoms. The average Bonchev–Trinajstić information content (AvgIpc) is 2.66. The summed E-state index contributed by atoms with van der Waals surface area (Å²) in [5.41, 5.74) is 1.07. The lowest BCUT2D eigenvalue weighted by Gasteiger charge is -2.28. The van der Waals surface area contributed by atoms with Gasteiger partial charge in [-0.3, -0.25) is 9.58 Å². The molecular formula is C12H23N3O. The second-order valence-electron chi connectivity index (χ2n) is 4.15. The van der Waals surface area contributed by atoms with E-state index in [0.717, 1.165) is 31.6 Å². The standard InChI is InChI=1S/C12H23N3O/c1-4-12(5-2)15(8-9-16)10-11-6-7-14(3)13-11/h6-7,12,16H,4-5,8-10H2,1-3H3. The van der Waals surface area contributed by atoms with E-state index in [-0.39, 0.29) is 6.61 Å². The smallest absolute Gasteiger partial charge is 0.0764 e. The molecule has 1 heterocycles. The maximum absolute atomic E-state index is 9.09. The van der Waals surface area contributed by atoms with E-state index < -0.39 is 0 Å². The predicted octanol–water partition coefficient (Wildman–Crippen LogP) is 1.40. The van der Waals surface area contributed by atoms with Gasteiger partial charge in [-0.1, -0.05) is 13.8 Å². The number of rotatable bonds is 7. The summed E-state index contributed by atoms with van der Waals surface area (Å²) in [6, 6.07) is 2.57. The first-order chi connectivity index (χ1) is 7.71. The summed E-state index contributed by atoms with van der Waals surface area (Å²) in [5.74, 6) is 0. The minimum absolute atomic E-state index is 0.212. The zero-order valence-electron chi connectivity index (χ0n) is 10.6. The number of hydrogen-bond acceptors (Lipinski definition) is 3. The van der Waals surface area contributed by atoms with Gasteiger partial charge in [0.15, 0.2) is 0 Å². The van der Waals surface area contributed by atoms with Gasteiger partial charge in [0.1, 0.15) is 0 Å². The molecule has 4 nitrogen and oxygen atoms in total. The maximum Gasteiger partial charge on any atom is 0.0764 e. The number of aryl methyl sites for hydroxylation is 1. The van der Waals surface area contributed by atoms with E-state index in [4.69, 9.17) is 5.11 Å². The lowest BCUT2D eigenvalue weighted by atomic mass is 10.1. The van der Waals surface area contributed by atoms with Gasteiger partial charge in [-0.05, 0) is 18.9 Å². The molecule has 0 amide bonds. The van der Waals surface area contributed by atoms with Gasteiger partial charge in [0.25, 0.3) is 0 Å². The Bertz CT molecular complexity index is 294. The second kappa shape index (κ2) is 6.66. The molecule has 1 aromatic heterocycles. The van der Waals surface area contributed by atoms with E-state index in [1.807, 2.05) is 24.0 Å². The summed E-state index contributed by atoms with van der Waals surface area (Å²) in [7, 11) is 1.93. The Morgan fingerprint density at radius 3 is 2.56 bits per heavy atom. The fraction of sp³-hybridized carbons (Fsp3) is 0.750. The third-order valence-electron chi connectivity index (χ3n) is 2.98. The number of aromatic nitrogens is 2. The van der Waals surface area contributed by atoms with Crippen molar-refractivity contribution >= 4 is 0 Å². The number of aliphatic hydroxyl groups excluding tert-OH is 1. The zero-order chi connectivity index (χ0) is 12.0. The lowest BCUT2D eigenvalue weighted by molar-refractivity contribution is 0.135. The van der Waals surface area contributed by atoms with E-state index in [1.165, 1.54) is 0 Å². The molecule has 0 bridgehead atoms. The van der Waals surface area contributed by atoms with Crippen molar-refractivity contribution in [1.29, 1.82) is 0 Å². The van der Waals surface area contributed by atoms with Crippen molar-refractivity contribution < 1.29 is 5.11 Å². The molecule has 0 fully saturated rings. The number of nitrogens with zero attached hydrogens (tertiary/aromatic N) is 3. The SMILES string of the molecule is CCC(CC)N(CCO)Cc1ccn(C)n1. The van der Waals surface area contributed by atoms with Crippen LogP contribution in [0.4, 0.5) is 0 Å². The molecular weight excluding hydrogens is 202 g/mol. The van der Waals surface area contributed by atoms with Crippen molar-refractivity contribution in [1.82, 2.24) is 14.7 Å². The van der Waals surface area contributed by atoms with Crippen molar-refractivity contribution in [2.45, 2.75) is 39.3 Å². The van der Waals surface area contributed by atoms with E-state index in [0.29, 0.717) is 6.04 Å². The molecule has 0 saturated carbocycles. The molecule has 0 aliphatic rings. The molecule has 0 saturated heterocycles. The molecule has 0 atom stereocenters. The first-order valence-corrected chi connectivity index (χ1v) is 6.04. The molecule has 0 spiro atoms. The number of aliphatic hydroxyl groups is 1. The topological polar surface area (TPSA) is 41.3 Å². The Hall–Kier alpha value is -0.870. The molecule has 92 valence electrons. The first kappa shape index (κ1) is 13.2. The summed E-state index contributed by atoms with van der Waals surface area (Å²) >= 11 is 0. The number of hydrogen-bond donors (Lipinski definition) is 1. The van der Waals surface area contributed by atoms with E-state index in [9.17, 15) is 0 Å². The van der Waals surface area contributed by atoms with Crippen LogP contribution < -0.4 is 0 Å². The Morgan fingerprint density at radius 2 is 2.12 bits per heavy atom. The Morgan fingerprint density at radius 1 is 1.44 bits per heavy atom.